The number of benzene rings is 1. The zero-order valence-electron chi connectivity index (χ0n) is 11.6. The van der Waals surface area contributed by atoms with E-state index in [4.69, 9.17) is 10.5 Å². The lowest BCUT2D eigenvalue weighted by Gasteiger charge is -2.20. The molecule has 0 saturated heterocycles. The first-order valence-electron chi connectivity index (χ1n) is 6.00. The van der Waals surface area contributed by atoms with Crippen molar-refractivity contribution in [2.45, 2.75) is 26.7 Å². The molecule has 0 fully saturated rings. The summed E-state index contributed by atoms with van der Waals surface area (Å²) in [4.78, 5) is 0. The number of nitrogens with two attached hydrogens (primary N) is 1. The van der Waals surface area contributed by atoms with Gasteiger partial charge >= 0.3 is 0 Å². The molecule has 1 aromatic rings. The van der Waals surface area contributed by atoms with E-state index in [1.54, 1.807) is 19.5 Å². The minimum absolute atomic E-state index is 0.192. The van der Waals surface area contributed by atoms with E-state index < -0.39 is 0 Å². The van der Waals surface area contributed by atoms with Gasteiger partial charge in [0, 0.05) is 17.8 Å². The van der Waals surface area contributed by atoms with Crippen LogP contribution < -0.4 is 15.8 Å². The molecule has 1 aromatic carbocycles. The quantitative estimate of drug-likeness (QED) is 0.839. The van der Waals surface area contributed by atoms with E-state index in [-0.39, 0.29) is 5.92 Å². The molecule has 3 N–H and O–H groups in total. The summed E-state index contributed by atoms with van der Waals surface area (Å²) in [5, 5.41) is 3.07. The first-order valence-corrected chi connectivity index (χ1v) is 6.00. The molecule has 0 heterocycles. The number of nitrogens with one attached hydrogen (secondary N) is 1. The maximum Gasteiger partial charge on any atom is 0.122 e. The van der Waals surface area contributed by atoms with Crippen molar-refractivity contribution in [1.82, 2.24) is 5.32 Å². The number of hydrogen-bond donors (Lipinski definition) is 2. The second-order valence-electron chi connectivity index (χ2n) is 4.30. The van der Waals surface area contributed by atoms with Gasteiger partial charge in [0.2, 0.25) is 0 Å². The molecule has 0 aromatic heterocycles. The standard InChI is InChI=1S/C15H22N2O/c1-6-17-14(9-16)12(4)13-7-8-15(18-5)11(3)10(13)2/h6-9,12,17H,1,16H2,2-5H3/b14-9-. The number of hydrogen-bond acceptors (Lipinski definition) is 3. The van der Waals surface area contributed by atoms with E-state index in [9.17, 15) is 0 Å². The monoisotopic (exact) mass is 246 g/mol. The third kappa shape index (κ3) is 2.67. The van der Waals surface area contributed by atoms with Gasteiger partial charge in [0.05, 0.1) is 7.11 Å². The fourth-order valence-corrected chi connectivity index (χ4v) is 2.11. The van der Waals surface area contributed by atoms with Gasteiger partial charge in [-0.15, -0.1) is 0 Å². The first kappa shape index (κ1) is 14.2. The zero-order valence-corrected chi connectivity index (χ0v) is 11.6. The molecule has 1 unspecified atom stereocenters. The van der Waals surface area contributed by atoms with E-state index in [0.717, 1.165) is 17.0 Å². The Morgan fingerprint density at radius 2 is 2.06 bits per heavy atom. The molecule has 98 valence electrons. The van der Waals surface area contributed by atoms with Gasteiger partial charge in [0.15, 0.2) is 0 Å². The van der Waals surface area contributed by atoms with Crippen LogP contribution in [-0.4, -0.2) is 7.11 Å². The molecule has 0 bridgehead atoms. The van der Waals surface area contributed by atoms with Crippen LogP contribution in [0.25, 0.3) is 0 Å². The predicted molar refractivity (Wildman–Crippen MR) is 76.5 cm³/mol. The molecule has 0 aliphatic heterocycles. The van der Waals surface area contributed by atoms with Crippen molar-refractivity contribution in [3.8, 4) is 5.75 Å². The highest BCUT2D eigenvalue weighted by atomic mass is 16.5. The highest BCUT2D eigenvalue weighted by Crippen LogP contribution is 2.31. The molecule has 18 heavy (non-hydrogen) atoms. The van der Waals surface area contributed by atoms with Gasteiger partial charge in [-0.3, -0.25) is 0 Å². The van der Waals surface area contributed by atoms with Crippen LogP contribution in [0.3, 0.4) is 0 Å². The van der Waals surface area contributed by atoms with Crippen LogP contribution in [-0.2, 0) is 0 Å². The number of methoxy groups -OCH3 is 1. The maximum absolute atomic E-state index is 5.64. The molecular weight excluding hydrogens is 224 g/mol. The summed E-state index contributed by atoms with van der Waals surface area (Å²) in [6.45, 7) is 9.95. The first-order chi connectivity index (χ1) is 8.56. The molecular formula is C15H22N2O. The van der Waals surface area contributed by atoms with Gasteiger partial charge in [0.25, 0.3) is 0 Å². The Bertz CT molecular complexity index is 464. The fraction of sp³-hybridized carbons (Fsp3) is 0.333. The van der Waals surface area contributed by atoms with Gasteiger partial charge in [-0.2, -0.15) is 0 Å². The predicted octanol–water partition coefficient (Wildman–Crippen LogP) is 2.95. The average molecular weight is 246 g/mol. The summed E-state index contributed by atoms with van der Waals surface area (Å²) in [5.41, 5.74) is 10.2. The van der Waals surface area contributed by atoms with Crippen molar-refractivity contribution in [1.29, 1.82) is 0 Å². The molecule has 0 saturated carbocycles. The average Bonchev–Trinajstić information content (AvgIpc) is 2.38. The van der Waals surface area contributed by atoms with Gasteiger partial charge in [-0.25, -0.2) is 0 Å². The third-order valence-corrected chi connectivity index (χ3v) is 3.38. The van der Waals surface area contributed by atoms with Gasteiger partial charge in [-0.1, -0.05) is 19.6 Å². The SMILES string of the molecule is C=CN/C(=C\N)C(C)c1ccc(OC)c(C)c1C. The Labute approximate surface area is 109 Å². The van der Waals surface area contributed by atoms with Gasteiger partial charge in [0.1, 0.15) is 5.75 Å². The van der Waals surface area contributed by atoms with Crippen LogP contribution in [0.2, 0.25) is 0 Å². The maximum atomic E-state index is 5.64. The van der Waals surface area contributed by atoms with E-state index in [2.05, 4.69) is 38.7 Å². The smallest absolute Gasteiger partial charge is 0.122 e. The summed E-state index contributed by atoms with van der Waals surface area (Å²) in [6.07, 6.45) is 3.23. The summed E-state index contributed by atoms with van der Waals surface area (Å²) in [5.74, 6) is 1.11. The Balaban J connectivity index is 3.18. The number of allylic oxidation sites excluding steroid dienone is 1. The van der Waals surface area contributed by atoms with Crippen LogP contribution in [0, 0.1) is 13.8 Å². The van der Waals surface area contributed by atoms with Crippen LogP contribution >= 0.6 is 0 Å². The van der Waals surface area contributed by atoms with Crippen molar-refractivity contribution in [3.05, 3.63) is 53.5 Å². The lowest BCUT2D eigenvalue weighted by molar-refractivity contribution is 0.411. The molecule has 0 aliphatic carbocycles. The molecule has 0 amide bonds. The lowest BCUT2D eigenvalue weighted by atomic mass is 9.91. The minimum atomic E-state index is 0.192. The molecule has 3 heteroatoms. The molecule has 1 rings (SSSR count). The van der Waals surface area contributed by atoms with Crippen molar-refractivity contribution in [3.63, 3.8) is 0 Å². The van der Waals surface area contributed by atoms with Gasteiger partial charge < -0.3 is 15.8 Å². The second kappa shape index (κ2) is 6.15. The number of ether oxygens (including phenoxy) is 1. The highest BCUT2D eigenvalue weighted by molar-refractivity contribution is 5.46. The van der Waals surface area contributed by atoms with Crippen LogP contribution in [0.4, 0.5) is 0 Å². The molecule has 1 atom stereocenters. The Morgan fingerprint density at radius 3 is 2.56 bits per heavy atom. The fourth-order valence-electron chi connectivity index (χ4n) is 2.11. The normalized spacial score (nSPS) is 13.0. The van der Waals surface area contributed by atoms with Crippen LogP contribution in [0.1, 0.15) is 29.5 Å². The largest absolute Gasteiger partial charge is 0.496 e. The summed E-state index contributed by atoms with van der Waals surface area (Å²) < 4.78 is 5.32. The molecule has 3 nitrogen and oxygen atoms in total. The zero-order chi connectivity index (χ0) is 13.7. The highest BCUT2D eigenvalue weighted by Gasteiger charge is 2.15. The van der Waals surface area contributed by atoms with Crippen molar-refractivity contribution in [2.24, 2.45) is 5.73 Å². The molecule has 0 radical (unpaired) electrons. The molecule has 0 spiro atoms. The second-order valence-corrected chi connectivity index (χ2v) is 4.30. The lowest BCUT2D eigenvalue weighted by Crippen LogP contribution is -2.14. The van der Waals surface area contributed by atoms with Crippen molar-refractivity contribution >= 4 is 0 Å². The van der Waals surface area contributed by atoms with E-state index >= 15 is 0 Å². The summed E-state index contributed by atoms with van der Waals surface area (Å²) in [7, 11) is 1.69. The van der Waals surface area contributed by atoms with E-state index in [1.165, 1.54) is 11.1 Å². The van der Waals surface area contributed by atoms with Crippen LogP contribution in [0.5, 0.6) is 5.75 Å². The summed E-state index contributed by atoms with van der Waals surface area (Å²) in [6, 6.07) is 4.08. The Kier molecular flexibility index (Phi) is 4.84. The number of rotatable bonds is 5. The molecule has 0 aliphatic rings. The topological polar surface area (TPSA) is 47.3 Å². The minimum Gasteiger partial charge on any atom is -0.496 e. The van der Waals surface area contributed by atoms with E-state index in [0.29, 0.717) is 0 Å². The third-order valence-electron chi connectivity index (χ3n) is 3.38. The Morgan fingerprint density at radius 1 is 1.39 bits per heavy atom. The van der Waals surface area contributed by atoms with Gasteiger partial charge in [-0.05, 0) is 42.8 Å². The Hall–Kier alpha value is -1.90. The summed E-state index contributed by atoms with van der Waals surface area (Å²) >= 11 is 0. The van der Waals surface area contributed by atoms with Crippen LogP contribution in [0.15, 0.2) is 36.8 Å². The van der Waals surface area contributed by atoms with Crippen molar-refractivity contribution < 1.29 is 4.74 Å². The van der Waals surface area contributed by atoms with Crippen molar-refractivity contribution in [2.75, 3.05) is 7.11 Å². The van der Waals surface area contributed by atoms with E-state index in [1.807, 2.05) is 6.07 Å².